The smallest absolute Gasteiger partial charge is 0.243 e. The van der Waals surface area contributed by atoms with Crippen LogP contribution in [0.5, 0.6) is 5.75 Å². The summed E-state index contributed by atoms with van der Waals surface area (Å²) in [6, 6.07) is 16.1. The first-order chi connectivity index (χ1) is 12.4. The number of amides is 1. The summed E-state index contributed by atoms with van der Waals surface area (Å²) in [7, 11) is 1.66. The summed E-state index contributed by atoms with van der Waals surface area (Å²) in [5.74, 6) is 0.797. The minimum Gasteiger partial charge on any atom is -0.497 e. The number of unbranched alkanes of at least 4 members (excludes halogenated alkanes) is 1. The van der Waals surface area contributed by atoms with Crippen molar-refractivity contribution in [3.8, 4) is 5.75 Å². The topological polar surface area (TPSA) is 29.5 Å². The Labute approximate surface area is 165 Å². The number of benzene rings is 2. The molecule has 0 aromatic heterocycles. The summed E-state index contributed by atoms with van der Waals surface area (Å²) in [6.45, 7) is 6.48. The van der Waals surface area contributed by atoms with E-state index in [-0.39, 0.29) is 5.91 Å². The minimum atomic E-state index is -0.646. The van der Waals surface area contributed by atoms with Crippen LogP contribution in [0, 0.1) is 0 Å². The number of rotatable bonds is 8. The first-order valence-corrected chi connectivity index (χ1v) is 9.87. The van der Waals surface area contributed by atoms with Gasteiger partial charge in [-0.1, -0.05) is 65.7 Å². The molecule has 0 aliphatic heterocycles. The van der Waals surface area contributed by atoms with E-state index >= 15 is 0 Å². The summed E-state index contributed by atoms with van der Waals surface area (Å²) in [6.07, 6.45) is 3.14. The summed E-state index contributed by atoms with van der Waals surface area (Å²) in [5.41, 5.74) is 3.20. The summed E-state index contributed by atoms with van der Waals surface area (Å²) in [4.78, 5) is 15.1. The predicted octanol–water partition coefficient (Wildman–Crippen LogP) is 5.74. The van der Waals surface area contributed by atoms with Crippen LogP contribution < -0.4 is 9.64 Å². The highest BCUT2D eigenvalue weighted by Gasteiger charge is 2.31. The van der Waals surface area contributed by atoms with Gasteiger partial charge in [0, 0.05) is 6.07 Å². The number of anilines is 1. The third-order valence-electron chi connectivity index (χ3n) is 4.32. The molecule has 0 bridgehead atoms. The van der Waals surface area contributed by atoms with E-state index in [9.17, 15) is 4.79 Å². The Balaban J connectivity index is 2.50. The number of halogens is 1. The molecule has 0 spiro atoms. The molecule has 0 radical (unpaired) electrons. The molecule has 26 heavy (non-hydrogen) atoms. The molecule has 0 aliphatic carbocycles. The SMILES string of the molecule is CCCCc1ccc(OC)cc1N(Cc1ccccc1)C(=O)C(C)(C)Br. The Morgan fingerprint density at radius 2 is 1.85 bits per heavy atom. The zero-order valence-corrected chi connectivity index (χ0v) is 17.7. The van der Waals surface area contributed by atoms with Gasteiger partial charge in [0.15, 0.2) is 0 Å². The number of hydrogen-bond donors (Lipinski definition) is 0. The molecule has 0 N–H and O–H groups in total. The molecule has 0 heterocycles. The molecule has 1 amide bonds. The Bertz CT molecular complexity index is 723. The second-order valence-electron chi connectivity index (χ2n) is 6.95. The van der Waals surface area contributed by atoms with E-state index in [0.29, 0.717) is 6.54 Å². The molecule has 2 aromatic carbocycles. The summed E-state index contributed by atoms with van der Waals surface area (Å²) < 4.78 is 4.78. The van der Waals surface area contributed by atoms with Gasteiger partial charge in [0.05, 0.1) is 23.7 Å². The van der Waals surface area contributed by atoms with Crippen molar-refractivity contribution < 1.29 is 9.53 Å². The molecule has 3 nitrogen and oxygen atoms in total. The zero-order valence-electron chi connectivity index (χ0n) is 16.1. The number of methoxy groups -OCH3 is 1. The van der Waals surface area contributed by atoms with Crippen molar-refractivity contribution in [2.75, 3.05) is 12.0 Å². The van der Waals surface area contributed by atoms with Gasteiger partial charge in [-0.15, -0.1) is 0 Å². The fourth-order valence-corrected chi connectivity index (χ4v) is 3.07. The van der Waals surface area contributed by atoms with Crippen LogP contribution in [-0.2, 0) is 17.8 Å². The second-order valence-corrected chi connectivity index (χ2v) is 8.93. The lowest BCUT2D eigenvalue weighted by atomic mass is 10.0. The van der Waals surface area contributed by atoms with Crippen molar-refractivity contribution in [1.29, 1.82) is 0 Å². The summed E-state index contributed by atoms with van der Waals surface area (Å²) in [5, 5.41) is 0. The fraction of sp³-hybridized carbons (Fsp3) is 0.409. The standard InChI is InChI=1S/C22H28BrNO2/c1-5-6-12-18-13-14-19(26-4)15-20(18)24(21(25)22(2,3)23)16-17-10-8-7-9-11-17/h7-11,13-15H,5-6,12,16H2,1-4H3. The van der Waals surface area contributed by atoms with Gasteiger partial charge in [0.2, 0.25) is 5.91 Å². The van der Waals surface area contributed by atoms with Crippen LogP contribution in [0.3, 0.4) is 0 Å². The Hall–Kier alpha value is -1.81. The highest BCUT2D eigenvalue weighted by molar-refractivity contribution is 9.10. The maximum Gasteiger partial charge on any atom is 0.243 e. The lowest BCUT2D eigenvalue weighted by Crippen LogP contribution is -2.42. The molecular formula is C22H28BrNO2. The minimum absolute atomic E-state index is 0.0346. The van der Waals surface area contributed by atoms with Gasteiger partial charge < -0.3 is 9.64 Å². The largest absolute Gasteiger partial charge is 0.497 e. The predicted molar refractivity (Wildman–Crippen MR) is 112 cm³/mol. The van der Waals surface area contributed by atoms with Crippen molar-refractivity contribution in [3.63, 3.8) is 0 Å². The molecule has 4 heteroatoms. The monoisotopic (exact) mass is 417 g/mol. The molecule has 2 aromatic rings. The first kappa shape index (κ1) is 20.5. The number of carbonyl (C=O) groups excluding carboxylic acids is 1. The van der Waals surface area contributed by atoms with Crippen molar-refractivity contribution in [1.82, 2.24) is 0 Å². The van der Waals surface area contributed by atoms with E-state index in [1.54, 1.807) is 7.11 Å². The second kappa shape index (κ2) is 9.22. The average molecular weight is 418 g/mol. The molecule has 140 valence electrons. The van der Waals surface area contributed by atoms with Crippen molar-refractivity contribution in [2.45, 2.75) is 50.9 Å². The maximum absolute atomic E-state index is 13.2. The molecule has 0 unspecified atom stereocenters. The number of carbonyl (C=O) groups is 1. The number of alkyl halides is 1. The van der Waals surface area contributed by atoms with E-state index in [1.165, 1.54) is 5.56 Å². The van der Waals surface area contributed by atoms with Gasteiger partial charge in [-0.25, -0.2) is 0 Å². The quantitative estimate of drug-likeness (QED) is 0.512. The van der Waals surface area contributed by atoms with Crippen LogP contribution in [-0.4, -0.2) is 17.3 Å². The molecule has 2 rings (SSSR count). The Kier molecular flexibility index (Phi) is 7.27. The van der Waals surface area contributed by atoms with E-state index in [0.717, 1.165) is 36.3 Å². The molecule has 0 saturated heterocycles. The third-order valence-corrected chi connectivity index (χ3v) is 4.66. The van der Waals surface area contributed by atoms with Crippen LogP contribution in [0.25, 0.3) is 0 Å². The first-order valence-electron chi connectivity index (χ1n) is 9.08. The van der Waals surface area contributed by atoms with Crippen molar-refractivity contribution in [2.24, 2.45) is 0 Å². The van der Waals surface area contributed by atoms with Gasteiger partial charge >= 0.3 is 0 Å². The number of aryl methyl sites for hydroxylation is 1. The van der Waals surface area contributed by atoms with Gasteiger partial charge in [0.25, 0.3) is 0 Å². The molecule has 0 fully saturated rings. The van der Waals surface area contributed by atoms with Gasteiger partial charge in [-0.2, -0.15) is 0 Å². The van der Waals surface area contributed by atoms with Gasteiger partial charge in [-0.3, -0.25) is 4.79 Å². The average Bonchev–Trinajstić information content (AvgIpc) is 2.64. The summed E-state index contributed by atoms with van der Waals surface area (Å²) >= 11 is 3.55. The fourth-order valence-electron chi connectivity index (χ4n) is 2.85. The Morgan fingerprint density at radius 1 is 1.15 bits per heavy atom. The van der Waals surface area contributed by atoms with E-state index in [4.69, 9.17) is 4.74 Å². The van der Waals surface area contributed by atoms with Crippen LogP contribution in [0.2, 0.25) is 0 Å². The van der Waals surface area contributed by atoms with E-state index in [2.05, 4.69) is 28.9 Å². The molecule has 0 saturated carbocycles. The molecule has 0 aliphatic rings. The van der Waals surface area contributed by atoms with Crippen LogP contribution in [0.15, 0.2) is 48.5 Å². The van der Waals surface area contributed by atoms with Gasteiger partial charge in [-0.05, 0) is 43.9 Å². The van der Waals surface area contributed by atoms with E-state index < -0.39 is 4.32 Å². The lowest BCUT2D eigenvalue weighted by Gasteiger charge is -2.30. The number of nitrogens with zero attached hydrogens (tertiary/aromatic N) is 1. The van der Waals surface area contributed by atoms with Crippen molar-refractivity contribution in [3.05, 3.63) is 59.7 Å². The highest BCUT2D eigenvalue weighted by atomic mass is 79.9. The molecule has 0 atom stereocenters. The maximum atomic E-state index is 13.2. The third kappa shape index (κ3) is 5.34. The van der Waals surface area contributed by atoms with Crippen LogP contribution in [0.4, 0.5) is 5.69 Å². The Morgan fingerprint density at radius 3 is 2.42 bits per heavy atom. The number of hydrogen-bond acceptors (Lipinski definition) is 2. The molecular weight excluding hydrogens is 390 g/mol. The van der Waals surface area contributed by atoms with Gasteiger partial charge in [0.1, 0.15) is 5.75 Å². The zero-order chi connectivity index (χ0) is 19.2. The van der Waals surface area contributed by atoms with Crippen molar-refractivity contribution >= 4 is 27.5 Å². The highest BCUT2D eigenvalue weighted by Crippen LogP contribution is 2.32. The normalized spacial score (nSPS) is 11.3. The number of ether oxygens (including phenoxy) is 1. The van der Waals surface area contributed by atoms with Crippen LogP contribution >= 0.6 is 15.9 Å². The van der Waals surface area contributed by atoms with E-state index in [1.807, 2.05) is 61.2 Å². The van der Waals surface area contributed by atoms with Crippen LogP contribution in [0.1, 0.15) is 44.7 Å². The lowest BCUT2D eigenvalue weighted by molar-refractivity contribution is -0.120.